The quantitative estimate of drug-likeness (QED) is 0.824. The molecule has 2 N–H and O–H groups in total. The fourth-order valence-electron chi connectivity index (χ4n) is 2.26. The van der Waals surface area contributed by atoms with Crippen LogP contribution in [0.15, 0.2) is 24.3 Å². The molecule has 1 aliphatic heterocycles. The van der Waals surface area contributed by atoms with Crippen molar-refractivity contribution in [3.63, 3.8) is 0 Å². The molecular weight excluding hydrogens is 349 g/mol. The number of carbonyl (C=O) groups excluding carboxylic acids is 2. The highest BCUT2D eigenvalue weighted by molar-refractivity contribution is 7.91. The van der Waals surface area contributed by atoms with E-state index in [1.807, 2.05) is 0 Å². The molecule has 1 atom stereocenters. The standard InChI is InChI=1S/C14H15F3N2O4S/c15-14(16,17)10-3-1-9(2-4-10)13(21)18-7-12(20)19-11-5-6-24(22,23)8-11/h1-4,11H,5-8H2,(H,18,21)(H,19,20). The Labute approximate surface area is 136 Å². The Morgan fingerprint density at radius 1 is 1.17 bits per heavy atom. The minimum absolute atomic E-state index is 0.00978. The molecule has 0 spiro atoms. The van der Waals surface area contributed by atoms with E-state index in [1.165, 1.54) is 0 Å². The fourth-order valence-corrected chi connectivity index (χ4v) is 3.93. The van der Waals surface area contributed by atoms with E-state index in [0.717, 1.165) is 24.3 Å². The summed E-state index contributed by atoms with van der Waals surface area (Å²) < 4.78 is 59.8. The number of benzene rings is 1. The van der Waals surface area contributed by atoms with Gasteiger partial charge in [0, 0.05) is 11.6 Å². The molecule has 1 aromatic carbocycles. The van der Waals surface area contributed by atoms with E-state index in [1.54, 1.807) is 0 Å². The van der Waals surface area contributed by atoms with Crippen LogP contribution in [0, 0.1) is 0 Å². The molecule has 1 fully saturated rings. The van der Waals surface area contributed by atoms with Gasteiger partial charge in [-0.3, -0.25) is 9.59 Å². The van der Waals surface area contributed by atoms with Gasteiger partial charge in [-0.2, -0.15) is 13.2 Å². The van der Waals surface area contributed by atoms with Gasteiger partial charge >= 0.3 is 6.18 Å². The van der Waals surface area contributed by atoms with Crippen molar-refractivity contribution in [2.24, 2.45) is 0 Å². The number of sulfone groups is 1. The summed E-state index contributed by atoms with van der Waals surface area (Å²) in [6, 6.07) is 3.10. The van der Waals surface area contributed by atoms with Crippen molar-refractivity contribution in [1.82, 2.24) is 10.6 Å². The molecule has 0 radical (unpaired) electrons. The molecule has 10 heteroatoms. The summed E-state index contributed by atoms with van der Waals surface area (Å²) in [5.74, 6) is -1.38. The summed E-state index contributed by atoms with van der Waals surface area (Å²) in [6.45, 7) is -0.392. The zero-order valence-corrected chi connectivity index (χ0v) is 13.2. The van der Waals surface area contributed by atoms with Crippen molar-refractivity contribution in [2.45, 2.75) is 18.6 Å². The first-order valence-corrected chi connectivity index (χ1v) is 8.84. The average molecular weight is 364 g/mol. The molecule has 1 aliphatic rings. The van der Waals surface area contributed by atoms with Crippen LogP contribution in [0.25, 0.3) is 0 Å². The number of nitrogens with one attached hydrogen (secondary N) is 2. The summed E-state index contributed by atoms with van der Waals surface area (Å²) in [5.41, 5.74) is -0.890. The lowest BCUT2D eigenvalue weighted by Gasteiger charge is -2.11. The van der Waals surface area contributed by atoms with Gasteiger partial charge in [0.15, 0.2) is 9.84 Å². The molecule has 1 unspecified atom stereocenters. The van der Waals surface area contributed by atoms with Gasteiger partial charge in [-0.15, -0.1) is 0 Å². The third-order valence-corrected chi connectivity index (χ3v) is 5.25. The summed E-state index contributed by atoms with van der Waals surface area (Å²) in [5, 5.41) is 4.76. The lowest BCUT2D eigenvalue weighted by molar-refractivity contribution is -0.137. The van der Waals surface area contributed by atoms with Crippen LogP contribution in [0.2, 0.25) is 0 Å². The van der Waals surface area contributed by atoms with Crippen molar-refractivity contribution in [3.8, 4) is 0 Å². The van der Waals surface area contributed by atoms with Crippen molar-refractivity contribution in [2.75, 3.05) is 18.1 Å². The number of amides is 2. The lowest BCUT2D eigenvalue weighted by atomic mass is 10.1. The van der Waals surface area contributed by atoms with Gasteiger partial charge in [0.1, 0.15) is 0 Å². The largest absolute Gasteiger partial charge is 0.416 e. The van der Waals surface area contributed by atoms with Crippen LogP contribution in [-0.4, -0.2) is 44.3 Å². The molecule has 2 rings (SSSR count). The Morgan fingerprint density at radius 3 is 2.29 bits per heavy atom. The number of rotatable bonds is 4. The summed E-state index contributed by atoms with van der Waals surface area (Å²) in [4.78, 5) is 23.4. The SMILES string of the molecule is O=C(CNC(=O)c1ccc(C(F)(F)F)cc1)NC1CCS(=O)(=O)C1. The smallest absolute Gasteiger partial charge is 0.351 e. The molecule has 2 amide bonds. The van der Waals surface area contributed by atoms with Crippen molar-refractivity contribution < 1.29 is 31.2 Å². The Morgan fingerprint density at radius 2 is 1.79 bits per heavy atom. The maximum Gasteiger partial charge on any atom is 0.416 e. The Bertz CT molecular complexity index is 729. The number of carbonyl (C=O) groups is 2. The normalized spacial score (nSPS) is 19.7. The number of halogens is 3. The van der Waals surface area contributed by atoms with Crippen LogP contribution >= 0.6 is 0 Å². The minimum Gasteiger partial charge on any atom is -0.351 e. The second-order valence-corrected chi connectivity index (χ2v) is 7.65. The first kappa shape index (κ1) is 18.2. The van der Waals surface area contributed by atoms with E-state index >= 15 is 0 Å². The van der Waals surface area contributed by atoms with Crippen LogP contribution < -0.4 is 10.6 Å². The maximum atomic E-state index is 12.4. The first-order valence-electron chi connectivity index (χ1n) is 7.02. The molecule has 24 heavy (non-hydrogen) atoms. The monoisotopic (exact) mass is 364 g/mol. The van der Waals surface area contributed by atoms with Crippen molar-refractivity contribution in [1.29, 1.82) is 0 Å². The number of hydrogen-bond donors (Lipinski definition) is 2. The van der Waals surface area contributed by atoms with Gasteiger partial charge < -0.3 is 10.6 Å². The Kier molecular flexibility index (Phi) is 5.16. The van der Waals surface area contributed by atoms with Gasteiger partial charge in [0.2, 0.25) is 5.91 Å². The van der Waals surface area contributed by atoms with E-state index < -0.39 is 46.0 Å². The Hall–Kier alpha value is -2.10. The van der Waals surface area contributed by atoms with Crippen LogP contribution in [-0.2, 0) is 20.8 Å². The molecule has 1 heterocycles. The molecule has 0 saturated carbocycles. The molecule has 0 bridgehead atoms. The predicted octanol–water partition coefficient (Wildman–Crippen LogP) is 0.739. The molecular formula is C14H15F3N2O4S. The number of alkyl halides is 3. The van der Waals surface area contributed by atoms with E-state index in [4.69, 9.17) is 0 Å². The highest BCUT2D eigenvalue weighted by Gasteiger charge is 2.30. The van der Waals surface area contributed by atoms with E-state index in [2.05, 4.69) is 10.6 Å². The van der Waals surface area contributed by atoms with Gasteiger partial charge in [-0.05, 0) is 30.7 Å². The average Bonchev–Trinajstić information content (AvgIpc) is 2.83. The third kappa shape index (κ3) is 4.95. The Balaban J connectivity index is 1.83. The molecule has 1 aromatic rings. The fraction of sp³-hybridized carbons (Fsp3) is 0.429. The predicted molar refractivity (Wildman–Crippen MR) is 79.0 cm³/mol. The number of hydrogen-bond acceptors (Lipinski definition) is 4. The molecule has 0 aromatic heterocycles. The zero-order chi connectivity index (χ0) is 18.0. The van der Waals surface area contributed by atoms with Crippen LogP contribution in [0.5, 0.6) is 0 Å². The molecule has 0 aliphatic carbocycles. The van der Waals surface area contributed by atoms with Gasteiger partial charge in [0.25, 0.3) is 5.91 Å². The van der Waals surface area contributed by atoms with Gasteiger partial charge in [0.05, 0.1) is 23.6 Å². The van der Waals surface area contributed by atoms with E-state index in [0.29, 0.717) is 6.42 Å². The summed E-state index contributed by atoms with van der Waals surface area (Å²) in [7, 11) is -3.13. The highest BCUT2D eigenvalue weighted by Crippen LogP contribution is 2.29. The minimum atomic E-state index is -4.49. The van der Waals surface area contributed by atoms with Crippen LogP contribution in [0.4, 0.5) is 13.2 Å². The molecule has 132 valence electrons. The zero-order valence-electron chi connectivity index (χ0n) is 12.4. The van der Waals surface area contributed by atoms with Crippen LogP contribution in [0.3, 0.4) is 0 Å². The van der Waals surface area contributed by atoms with E-state index in [9.17, 15) is 31.2 Å². The van der Waals surface area contributed by atoms with Gasteiger partial charge in [-0.1, -0.05) is 0 Å². The van der Waals surface area contributed by atoms with Gasteiger partial charge in [-0.25, -0.2) is 8.42 Å². The topological polar surface area (TPSA) is 92.3 Å². The highest BCUT2D eigenvalue weighted by atomic mass is 32.2. The molecule has 6 nitrogen and oxygen atoms in total. The second kappa shape index (κ2) is 6.80. The van der Waals surface area contributed by atoms with Crippen molar-refractivity contribution in [3.05, 3.63) is 35.4 Å². The van der Waals surface area contributed by atoms with Crippen LogP contribution in [0.1, 0.15) is 22.3 Å². The summed E-state index contributed by atoms with van der Waals surface area (Å²) >= 11 is 0. The first-order chi connectivity index (χ1) is 11.1. The second-order valence-electron chi connectivity index (χ2n) is 5.43. The van der Waals surface area contributed by atoms with E-state index in [-0.39, 0.29) is 17.1 Å². The summed E-state index contributed by atoms with van der Waals surface area (Å²) in [6.07, 6.45) is -4.17. The maximum absolute atomic E-state index is 12.4. The third-order valence-electron chi connectivity index (χ3n) is 3.48. The lowest BCUT2D eigenvalue weighted by Crippen LogP contribution is -2.42. The molecule has 1 saturated heterocycles. The van der Waals surface area contributed by atoms with Crippen molar-refractivity contribution >= 4 is 21.7 Å².